The van der Waals surface area contributed by atoms with E-state index in [9.17, 15) is 0 Å². The van der Waals surface area contributed by atoms with Gasteiger partial charge < -0.3 is 10.6 Å². The van der Waals surface area contributed by atoms with Gasteiger partial charge in [-0.2, -0.15) is 0 Å². The third kappa shape index (κ3) is 3.39. The molecular formula is C18H34N2. The fraction of sp³-hybridized carbons (Fsp3) is 1.00. The summed E-state index contributed by atoms with van der Waals surface area (Å²) in [4.78, 5) is 2.78. The minimum atomic E-state index is 0.759. The Balaban J connectivity index is 1.48. The first-order chi connectivity index (χ1) is 9.81. The quantitative estimate of drug-likeness (QED) is 0.851. The highest BCUT2D eigenvalue weighted by Gasteiger charge is 2.36. The number of piperidine rings is 1. The second-order valence-electron chi connectivity index (χ2n) is 7.90. The van der Waals surface area contributed by atoms with Crippen molar-refractivity contribution in [3.05, 3.63) is 0 Å². The SMILES string of the molecule is NCC1CCCCC1CN1CCC2(CCCCC2)CC1. The lowest BCUT2D eigenvalue weighted by Gasteiger charge is -2.46. The summed E-state index contributed by atoms with van der Waals surface area (Å²) in [6, 6.07) is 0. The van der Waals surface area contributed by atoms with E-state index >= 15 is 0 Å². The van der Waals surface area contributed by atoms with Crippen molar-refractivity contribution in [2.75, 3.05) is 26.2 Å². The normalized spacial score (nSPS) is 35.2. The summed E-state index contributed by atoms with van der Waals surface area (Å²) in [5, 5.41) is 0. The van der Waals surface area contributed by atoms with Crippen LogP contribution < -0.4 is 5.73 Å². The lowest BCUT2D eigenvalue weighted by Crippen LogP contribution is -2.44. The average Bonchev–Trinajstić information content (AvgIpc) is 2.51. The molecule has 3 fully saturated rings. The summed E-state index contributed by atoms with van der Waals surface area (Å²) >= 11 is 0. The summed E-state index contributed by atoms with van der Waals surface area (Å²) in [7, 11) is 0. The Bertz CT molecular complexity index is 286. The molecule has 0 bridgehead atoms. The Labute approximate surface area is 125 Å². The lowest BCUT2D eigenvalue weighted by atomic mass is 9.68. The molecule has 3 rings (SSSR count). The van der Waals surface area contributed by atoms with Crippen LogP contribution in [0.5, 0.6) is 0 Å². The molecule has 1 heterocycles. The van der Waals surface area contributed by atoms with E-state index in [1.165, 1.54) is 90.3 Å². The van der Waals surface area contributed by atoms with Crippen LogP contribution in [0.2, 0.25) is 0 Å². The second-order valence-corrected chi connectivity index (χ2v) is 7.90. The summed E-state index contributed by atoms with van der Waals surface area (Å²) in [5.74, 6) is 1.71. The standard InChI is InChI=1S/C18H34N2/c19-14-16-6-2-3-7-17(16)15-20-12-10-18(11-13-20)8-4-1-5-9-18/h16-17H,1-15,19H2. The Kier molecular flexibility index (Phi) is 5.04. The first-order valence-electron chi connectivity index (χ1n) is 9.24. The Morgan fingerprint density at radius 1 is 0.800 bits per heavy atom. The number of nitrogens with zero attached hydrogens (tertiary/aromatic N) is 1. The molecule has 1 saturated heterocycles. The molecule has 0 aromatic carbocycles. The zero-order chi connectivity index (χ0) is 13.8. The van der Waals surface area contributed by atoms with Crippen LogP contribution in [0, 0.1) is 17.3 Å². The minimum absolute atomic E-state index is 0.759. The molecule has 2 unspecified atom stereocenters. The third-order valence-corrected chi connectivity index (χ3v) is 6.69. The van der Waals surface area contributed by atoms with Gasteiger partial charge in [-0.05, 0) is 75.4 Å². The van der Waals surface area contributed by atoms with Gasteiger partial charge in [0.25, 0.3) is 0 Å². The maximum absolute atomic E-state index is 5.99. The minimum Gasteiger partial charge on any atom is -0.330 e. The molecule has 0 aromatic rings. The van der Waals surface area contributed by atoms with Gasteiger partial charge in [-0.1, -0.05) is 32.1 Å². The van der Waals surface area contributed by atoms with E-state index in [2.05, 4.69) is 4.90 Å². The molecule has 2 nitrogen and oxygen atoms in total. The molecule has 2 saturated carbocycles. The summed E-state index contributed by atoms with van der Waals surface area (Å²) in [6.07, 6.45) is 16.2. The van der Waals surface area contributed by atoms with Gasteiger partial charge in [0, 0.05) is 6.54 Å². The highest BCUT2D eigenvalue weighted by atomic mass is 15.1. The highest BCUT2D eigenvalue weighted by molar-refractivity contribution is 4.89. The van der Waals surface area contributed by atoms with Gasteiger partial charge in [-0.3, -0.25) is 0 Å². The second kappa shape index (κ2) is 6.79. The van der Waals surface area contributed by atoms with E-state index < -0.39 is 0 Å². The molecule has 1 aliphatic heterocycles. The summed E-state index contributed by atoms with van der Waals surface area (Å²) < 4.78 is 0. The smallest absolute Gasteiger partial charge is 0.00128 e. The van der Waals surface area contributed by atoms with Gasteiger partial charge in [0.1, 0.15) is 0 Å². The Hall–Kier alpha value is -0.0800. The monoisotopic (exact) mass is 278 g/mol. The molecule has 2 heteroatoms. The van der Waals surface area contributed by atoms with Crippen LogP contribution in [0.1, 0.15) is 70.6 Å². The van der Waals surface area contributed by atoms with E-state index in [0.29, 0.717) is 0 Å². The molecule has 2 N–H and O–H groups in total. The maximum Gasteiger partial charge on any atom is 0.00128 e. The zero-order valence-electron chi connectivity index (χ0n) is 13.3. The molecule has 0 amide bonds. The molecule has 1 spiro atoms. The van der Waals surface area contributed by atoms with E-state index in [-0.39, 0.29) is 0 Å². The van der Waals surface area contributed by atoms with Gasteiger partial charge >= 0.3 is 0 Å². The number of rotatable bonds is 3. The van der Waals surface area contributed by atoms with Gasteiger partial charge in [-0.15, -0.1) is 0 Å². The van der Waals surface area contributed by atoms with Crippen molar-refractivity contribution in [2.24, 2.45) is 23.0 Å². The summed E-state index contributed by atoms with van der Waals surface area (Å²) in [5.41, 5.74) is 6.75. The fourth-order valence-corrected chi connectivity index (χ4v) is 5.18. The van der Waals surface area contributed by atoms with Gasteiger partial charge in [-0.25, -0.2) is 0 Å². The fourth-order valence-electron chi connectivity index (χ4n) is 5.18. The van der Waals surface area contributed by atoms with Crippen LogP contribution in [-0.4, -0.2) is 31.1 Å². The Morgan fingerprint density at radius 3 is 2.10 bits per heavy atom. The molecule has 116 valence electrons. The van der Waals surface area contributed by atoms with E-state index in [1.54, 1.807) is 0 Å². The molecule has 2 atom stereocenters. The van der Waals surface area contributed by atoms with Gasteiger partial charge in [0.05, 0.1) is 0 Å². The maximum atomic E-state index is 5.99. The molecule has 0 radical (unpaired) electrons. The molecular weight excluding hydrogens is 244 g/mol. The van der Waals surface area contributed by atoms with Gasteiger partial charge in [0.2, 0.25) is 0 Å². The first-order valence-corrected chi connectivity index (χ1v) is 9.24. The topological polar surface area (TPSA) is 29.3 Å². The van der Waals surface area contributed by atoms with E-state index in [0.717, 1.165) is 23.8 Å². The van der Waals surface area contributed by atoms with Crippen LogP contribution in [0.3, 0.4) is 0 Å². The molecule has 0 aromatic heterocycles. The van der Waals surface area contributed by atoms with Crippen LogP contribution in [0.15, 0.2) is 0 Å². The van der Waals surface area contributed by atoms with Crippen LogP contribution >= 0.6 is 0 Å². The van der Waals surface area contributed by atoms with Crippen molar-refractivity contribution >= 4 is 0 Å². The Morgan fingerprint density at radius 2 is 1.45 bits per heavy atom. The van der Waals surface area contributed by atoms with Crippen molar-refractivity contribution in [1.82, 2.24) is 4.90 Å². The first kappa shape index (κ1) is 14.8. The van der Waals surface area contributed by atoms with E-state index in [4.69, 9.17) is 5.73 Å². The molecule has 20 heavy (non-hydrogen) atoms. The van der Waals surface area contributed by atoms with Gasteiger partial charge in [0.15, 0.2) is 0 Å². The molecule has 2 aliphatic carbocycles. The molecule has 3 aliphatic rings. The predicted molar refractivity (Wildman–Crippen MR) is 85.7 cm³/mol. The third-order valence-electron chi connectivity index (χ3n) is 6.69. The van der Waals surface area contributed by atoms with Crippen molar-refractivity contribution in [1.29, 1.82) is 0 Å². The lowest BCUT2D eigenvalue weighted by molar-refractivity contribution is 0.0485. The van der Waals surface area contributed by atoms with Crippen LogP contribution in [0.25, 0.3) is 0 Å². The number of hydrogen-bond donors (Lipinski definition) is 1. The van der Waals surface area contributed by atoms with Crippen LogP contribution in [-0.2, 0) is 0 Å². The predicted octanol–water partition coefficient (Wildman–Crippen LogP) is 3.80. The number of likely N-dealkylation sites (tertiary alicyclic amines) is 1. The zero-order valence-corrected chi connectivity index (χ0v) is 13.3. The van der Waals surface area contributed by atoms with Crippen molar-refractivity contribution in [2.45, 2.75) is 70.6 Å². The van der Waals surface area contributed by atoms with Crippen molar-refractivity contribution in [3.63, 3.8) is 0 Å². The van der Waals surface area contributed by atoms with Crippen molar-refractivity contribution in [3.8, 4) is 0 Å². The van der Waals surface area contributed by atoms with E-state index in [1.807, 2.05) is 0 Å². The van der Waals surface area contributed by atoms with Crippen LogP contribution in [0.4, 0.5) is 0 Å². The summed E-state index contributed by atoms with van der Waals surface area (Å²) in [6.45, 7) is 5.00. The number of nitrogens with two attached hydrogens (primary N) is 1. The average molecular weight is 278 g/mol. The van der Waals surface area contributed by atoms with Crippen molar-refractivity contribution < 1.29 is 0 Å². The largest absolute Gasteiger partial charge is 0.330 e. The number of hydrogen-bond acceptors (Lipinski definition) is 2. The highest BCUT2D eigenvalue weighted by Crippen LogP contribution is 2.44.